The molecule has 9 rings (SSSR count). The third-order valence-electron chi connectivity index (χ3n) is 10.4. The molecular weight excluding hydrogens is 627 g/mol. The molecule has 0 bridgehead atoms. The molecule has 0 heterocycles. The lowest BCUT2D eigenvalue weighted by molar-refractivity contribution is 0.740. The molecule has 1 aliphatic rings. The van der Waals surface area contributed by atoms with Crippen molar-refractivity contribution in [3.8, 4) is 33.4 Å². The van der Waals surface area contributed by atoms with E-state index in [4.69, 9.17) is 0 Å². The first-order valence-electron chi connectivity index (χ1n) is 18.2. The van der Waals surface area contributed by atoms with Gasteiger partial charge in [-0.1, -0.05) is 177 Å². The van der Waals surface area contributed by atoms with Gasteiger partial charge in [0.1, 0.15) is 0 Å². The van der Waals surface area contributed by atoms with E-state index in [1.165, 1.54) is 66.1 Å². The molecule has 0 fully saturated rings. The number of hydrogen-bond acceptors (Lipinski definition) is 1. The Morgan fingerprint density at radius 1 is 0.442 bits per heavy atom. The van der Waals surface area contributed by atoms with Gasteiger partial charge < -0.3 is 4.90 Å². The van der Waals surface area contributed by atoms with E-state index in [-0.39, 0.29) is 0 Å². The fraction of sp³-hybridized carbons (Fsp3) is 0.0588. The minimum absolute atomic E-state index is 0.511. The molecule has 1 heteroatoms. The van der Waals surface area contributed by atoms with Gasteiger partial charge in [-0.05, 0) is 97.6 Å². The van der Waals surface area contributed by atoms with Crippen molar-refractivity contribution in [1.82, 2.24) is 0 Å². The lowest BCUT2D eigenvalue weighted by Gasteiger charge is -2.30. The highest BCUT2D eigenvalue weighted by molar-refractivity contribution is 6.08. The molecule has 8 aromatic carbocycles. The summed E-state index contributed by atoms with van der Waals surface area (Å²) in [5, 5.41) is 5.03. The smallest absolute Gasteiger partial charge is 0.0540 e. The first kappa shape index (κ1) is 31.5. The van der Waals surface area contributed by atoms with Crippen LogP contribution in [0.25, 0.3) is 60.5 Å². The second-order valence-corrected chi connectivity index (χ2v) is 13.8. The van der Waals surface area contributed by atoms with Crippen LogP contribution in [-0.4, -0.2) is 0 Å². The highest BCUT2D eigenvalue weighted by Crippen LogP contribution is 2.47. The molecule has 0 N–H and O–H groups in total. The number of anilines is 3. The van der Waals surface area contributed by atoms with Gasteiger partial charge in [0.15, 0.2) is 0 Å². The van der Waals surface area contributed by atoms with Crippen molar-refractivity contribution in [2.45, 2.75) is 13.3 Å². The maximum absolute atomic E-state index is 2.45. The number of para-hydroxylation sites is 2. The summed E-state index contributed by atoms with van der Waals surface area (Å²) in [5.74, 6) is 0.511. The van der Waals surface area contributed by atoms with Gasteiger partial charge in [0, 0.05) is 16.8 Å². The van der Waals surface area contributed by atoms with Crippen LogP contribution in [-0.2, 0) is 0 Å². The van der Waals surface area contributed by atoms with Crippen LogP contribution in [0.2, 0.25) is 0 Å². The monoisotopic (exact) mass is 665 g/mol. The molecule has 248 valence electrons. The van der Waals surface area contributed by atoms with Crippen molar-refractivity contribution >= 4 is 44.2 Å². The molecular formula is C51H39N. The summed E-state index contributed by atoms with van der Waals surface area (Å²) in [4.78, 5) is 2.45. The second-order valence-electron chi connectivity index (χ2n) is 13.8. The van der Waals surface area contributed by atoms with Crippen molar-refractivity contribution in [2.24, 2.45) is 5.92 Å². The molecule has 52 heavy (non-hydrogen) atoms. The maximum atomic E-state index is 2.45. The Hall–Kier alpha value is -6.44. The number of benzene rings is 8. The van der Waals surface area contributed by atoms with E-state index >= 15 is 0 Å². The first-order valence-corrected chi connectivity index (χ1v) is 18.2. The molecule has 8 aromatic rings. The van der Waals surface area contributed by atoms with Crippen LogP contribution in [0.3, 0.4) is 0 Å². The Balaban J connectivity index is 1.25. The lowest BCUT2D eigenvalue weighted by Crippen LogP contribution is -2.12. The van der Waals surface area contributed by atoms with E-state index in [1.807, 2.05) is 0 Å². The van der Waals surface area contributed by atoms with E-state index in [9.17, 15) is 0 Å². The van der Waals surface area contributed by atoms with Crippen LogP contribution in [0.1, 0.15) is 18.9 Å². The van der Waals surface area contributed by atoms with Crippen LogP contribution in [0.4, 0.5) is 17.1 Å². The fourth-order valence-corrected chi connectivity index (χ4v) is 7.83. The average molecular weight is 666 g/mol. The van der Waals surface area contributed by atoms with Gasteiger partial charge in [-0.15, -0.1) is 0 Å². The molecule has 0 amide bonds. The fourth-order valence-electron chi connectivity index (χ4n) is 7.83. The van der Waals surface area contributed by atoms with Gasteiger partial charge in [0.05, 0.1) is 11.4 Å². The standard InChI is InChI=1S/C51H39N/c1-36-14-11-21-43(34-36)46-24-12-19-40-20-13-25-48(51(40)46)47-23-8-10-27-50(47)52(49-26-9-7-22-45(49)39-16-3-2-4-17-39)44-32-30-38(31-33-44)42-29-28-37-15-5-6-18-41(37)35-42/h2-13,15-36H,14H2,1H3. The Labute approximate surface area is 306 Å². The molecule has 0 saturated carbocycles. The summed E-state index contributed by atoms with van der Waals surface area (Å²) in [6.07, 6.45) is 8.13. The lowest BCUT2D eigenvalue weighted by atomic mass is 9.87. The highest BCUT2D eigenvalue weighted by atomic mass is 15.1. The molecule has 0 aliphatic heterocycles. The van der Waals surface area contributed by atoms with Crippen LogP contribution in [0.15, 0.2) is 200 Å². The minimum Gasteiger partial charge on any atom is -0.309 e. The largest absolute Gasteiger partial charge is 0.309 e. The molecule has 0 aromatic heterocycles. The van der Waals surface area contributed by atoms with E-state index in [0.29, 0.717) is 5.92 Å². The number of hydrogen-bond donors (Lipinski definition) is 0. The van der Waals surface area contributed by atoms with Crippen molar-refractivity contribution in [1.29, 1.82) is 0 Å². The van der Waals surface area contributed by atoms with Crippen molar-refractivity contribution < 1.29 is 0 Å². The molecule has 0 spiro atoms. The van der Waals surface area contributed by atoms with Gasteiger partial charge in [-0.3, -0.25) is 0 Å². The summed E-state index contributed by atoms with van der Waals surface area (Å²) < 4.78 is 0. The summed E-state index contributed by atoms with van der Waals surface area (Å²) in [6, 6.07) is 66.3. The predicted octanol–water partition coefficient (Wildman–Crippen LogP) is 14.4. The summed E-state index contributed by atoms with van der Waals surface area (Å²) in [5.41, 5.74) is 13.1. The number of nitrogens with zero attached hydrogens (tertiary/aromatic N) is 1. The SMILES string of the molecule is CC1C=C(c2cccc3cccc(-c4ccccc4N(c4ccc(-c5ccc6ccccc6c5)cc4)c4ccccc4-c4ccccc4)c23)C=CC1. The molecule has 1 atom stereocenters. The van der Waals surface area contributed by atoms with Crippen molar-refractivity contribution in [2.75, 3.05) is 4.90 Å². The van der Waals surface area contributed by atoms with E-state index in [1.54, 1.807) is 0 Å². The van der Waals surface area contributed by atoms with E-state index in [0.717, 1.165) is 23.5 Å². The molecule has 1 aliphatic carbocycles. The minimum atomic E-state index is 0.511. The third kappa shape index (κ3) is 5.91. The third-order valence-corrected chi connectivity index (χ3v) is 10.4. The maximum Gasteiger partial charge on any atom is 0.0540 e. The number of fused-ring (bicyclic) bond motifs is 2. The van der Waals surface area contributed by atoms with Gasteiger partial charge in [0.2, 0.25) is 0 Å². The second kappa shape index (κ2) is 13.7. The van der Waals surface area contributed by atoms with Crippen LogP contribution in [0, 0.1) is 5.92 Å². The summed E-state index contributed by atoms with van der Waals surface area (Å²) >= 11 is 0. The Kier molecular flexibility index (Phi) is 8.31. The highest BCUT2D eigenvalue weighted by Gasteiger charge is 2.22. The Morgan fingerprint density at radius 3 is 1.81 bits per heavy atom. The Bertz CT molecular complexity index is 2600. The van der Waals surface area contributed by atoms with Crippen LogP contribution in [0.5, 0.6) is 0 Å². The van der Waals surface area contributed by atoms with Gasteiger partial charge >= 0.3 is 0 Å². The predicted molar refractivity (Wildman–Crippen MR) is 223 cm³/mol. The molecule has 0 saturated heterocycles. The topological polar surface area (TPSA) is 3.24 Å². The number of rotatable bonds is 7. The van der Waals surface area contributed by atoms with Gasteiger partial charge in [-0.25, -0.2) is 0 Å². The molecule has 1 unspecified atom stereocenters. The quantitative estimate of drug-likeness (QED) is 0.164. The van der Waals surface area contributed by atoms with E-state index in [2.05, 4.69) is 212 Å². The zero-order valence-corrected chi connectivity index (χ0v) is 29.3. The van der Waals surface area contributed by atoms with Crippen molar-refractivity contribution in [3.05, 3.63) is 206 Å². The first-order chi connectivity index (χ1) is 25.7. The normalized spacial score (nSPS) is 14.0. The molecule has 0 radical (unpaired) electrons. The zero-order chi connectivity index (χ0) is 34.9. The summed E-state index contributed by atoms with van der Waals surface area (Å²) in [6.45, 7) is 2.30. The summed E-state index contributed by atoms with van der Waals surface area (Å²) in [7, 11) is 0. The zero-order valence-electron chi connectivity index (χ0n) is 29.3. The van der Waals surface area contributed by atoms with E-state index < -0.39 is 0 Å². The van der Waals surface area contributed by atoms with Crippen LogP contribution >= 0.6 is 0 Å². The van der Waals surface area contributed by atoms with Crippen molar-refractivity contribution in [3.63, 3.8) is 0 Å². The van der Waals surface area contributed by atoms with Gasteiger partial charge in [0.25, 0.3) is 0 Å². The Morgan fingerprint density at radius 2 is 1.04 bits per heavy atom. The number of allylic oxidation sites excluding steroid dienone is 4. The van der Waals surface area contributed by atoms with Crippen LogP contribution < -0.4 is 4.90 Å². The molecule has 1 nitrogen and oxygen atoms in total. The average Bonchev–Trinajstić information content (AvgIpc) is 3.21. The van der Waals surface area contributed by atoms with Gasteiger partial charge in [-0.2, -0.15) is 0 Å².